The molecule has 0 saturated heterocycles. The van der Waals surface area contributed by atoms with Crippen LogP contribution in [0, 0.1) is 0 Å². The summed E-state index contributed by atoms with van der Waals surface area (Å²) in [5.41, 5.74) is 0.430. The molecule has 1 rings (SSSR count). The molecule has 0 saturated carbocycles. The molecule has 0 aromatic heterocycles. The minimum atomic E-state index is -0.902. The molecular formula is C10H13NO4. The molecule has 4 N–H and O–H groups in total. The first-order chi connectivity index (χ1) is 7.00. The van der Waals surface area contributed by atoms with Crippen molar-refractivity contribution in [1.82, 2.24) is 5.32 Å². The first-order valence-electron chi connectivity index (χ1n) is 4.45. The second kappa shape index (κ2) is 4.65. The number of aliphatic hydroxyl groups excluding tert-OH is 1. The topological polar surface area (TPSA) is 89.8 Å². The Bertz CT molecular complexity index is 364. The Morgan fingerprint density at radius 2 is 2.07 bits per heavy atom. The molecular weight excluding hydrogens is 198 g/mol. The molecule has 5 heteroatoms. The van der Waals surface area contributed by atoms with Gasteiger partial charge in [0.2, 0.25) is 5.91 Å². The second-order valence-corrected chi connectivity index (χ2v) is 3.20. The molecule has 0 unspecified atom stereocenters. The first-order valence-corrected chi connectivity index (χ1v) is 4.45. The van der Waals surface area contributed by atoms with Crippen molar-refractivity contribution in [3.63, 3.8) is 0 Å². The van der Waals surface area contributed by atoms with Crippen molar-refractivity contribution in [2.75, 3.05) is 6.54 Å². The molecule has 15 heavy (non-hydrogen) atoms. The third kappa shape index (κ3) is 3.14. The van der Waals surface area contributed by atoms with Gasteiger partial charge in [0.25, 0.3) is 0 Å². The Balaban J connectivity index is 2.69. The van der Waals surface area contributed by atoms with Gasteiger partial charge in [-0.05, 0) is 17.7 Å². The molecule has 5 nitrogen and oxygen atoms in total. The minimum absolute atomic E-state index is 0.0690. The molecule has 0 radical (unpaired) electrons. The number of hydrogen-bond acceptors (Lipinski definition) is 4. The van der Waals surface area contributed by atoms with Crippen molar-refractivity contribution in [3.05, 3.63) is 23.8 Å². The van der Waals surface area contributed by atoms with Gasteiger partial charge in [-0.3, -0.25) is 4.79 Å². The van der Waals surface area contributed by atoms with Crippen molar-refractivity contribution in [3.8, 4) is 11.5 Å². The maximum Gasteiger partial charge on any atom is 0.216 e. The zero-order valence-electron chi connectivity index (χ0n) is 8.27. The molecule has 1 atom stereocenters. The highest BCUT2D eigenvalue weighted by atomic mass is 16.3. The fraction of sp³-hybridized carbons (Fsp3) is 0.300. The highest BCUT2D eigenvalue weighted by Crippen LogP contribution is 2.27. The van der Waals surface area contributed by atoms with Crippen molar-refractivity contribution in [1.29, 1.82) is 0 Å². The number of carbonyl (C=O) groups is 1. The van der Waals surface area contributed by atoms with Gasteiger partial charge in [-0.25, -0.2) is 0 Å². The summed E-state index contributed by atoms with van der Waals surface area (Å²) >= 11 is 0. The Kier molecular flexibility index (Phi) is 3.51. The number of phenolic OH excluding ortho intramolecular Hbond substituents is 2. The minimum Gasteiger partial charge on any atom is -0.504 e. The highest BCUT2D eigenvalue weighted by molar-refractivity contribution is 5.72. The highest BCUT2D eigenvalue weighted by Gasteiger charge is 2.10. The monoisotopic (exact) mass is 211 g/mol. The molecule has 1 aromatic carbocycles. The molecule has 82 valence electrons. The molecule has 1 amide bonds. The van der Waals surface area contributed by atoms with Crippen LogP contribution in [0.15, 0.2) is 18.2 Å². The van der Waals surface area contributed by atoms with Crippen LogP contribution in [0.4, 0.5) is 0 Å². The summed E-state index contributed by atoms with van der Waals surface area (Å²) in [5.74, 6) is -0.781. The average molecular weight is 211 g/mol. The van der Waals surface area contributed by atoms with E-state index in [1.54, 1.807) is 0 Å². The molecule has 0 aliphatic rings. The number of nitrogens with one attached hydrogen (secondary N) is 1. The fourth-order valence-electron chi connectivity index (χ4n) is 1.11. The van der Waals surface area contributed by atoms with E-state index >= 15 is 0 Å². The van der Waals surface area contributed by atoms with Gasteiger partial charge in [0.15, 0.2) is 11.5 Å². The van der Waals surface area contributed by atoms with Crippen LogP contribution in [0.25, 0.3) is 0 Å². The largest absolute Gasteiger partial charge is 0.504 e. The lowest BCUT2D eigenvalue weighted by Gasteiger charge is -2.11. The van der Waals surface area contributed by atoms with Gasteiger partial charge in [0, 0.05) is 13.5 Å². The SMILES string of the molecule is CC(=O)NC[C@H](O)c1ccc(O)c(O)c1. The molecule has 0 fully saturated rings. The standard InChI is InChI=1S/C10H13NO4/c1-6(12)11-5-10(15)7-2-3-8(13)9(14)4-7/h2-4,10,13-15H,5H2,1H3,(H,11,12)/t10-/m0/s1. The Morgan fingerprint density at radius 3 is 2.60 bits per heavy atom. The van der Waals surface area contributed by atoms with Crippen molar-refractivity contribution < 1.29 is 20.1 Å². The Labute approximate surface area is 87.0 Å². The molecule has 0 spiro atoms. The van der Waals surface area contributed by atoms with E-state index in [-0.39, 0.29) is 24.0 Å². The van der Waals surface area contributed by atoms with Crippen molar-refractivity contribution >= 4 is 5.91 Å². The van der Waals surface area contributed by atoms with Crippen LogP contribution in [0.3, 0.4) is 0 Å². The van der Waals surface area contributed by atoms with Crippen LogP contribution in [-0.2, 0) is 4.79 Å². The van der Waals surface area contributed by atoms with E-state index in [9.17, 15) is 15.0 Å². The van der Waals surface area contributed by atoms with E-state index < -0.39 is 6.10 Å². The normalized spacial score (nSPS) is 12.1. The summed E-state index contributed by atoms with van der Waals surface area (Å²) in [6.07, 6.45) is -0.902. The third-order valence-electron chi connectivity index (χ3n) is 1.93. The van der Waals surface area contributed by atoms with E-state index in [1.165, 1.54) is 25.1 Å². The van der Waals surface area contributed by atoms with Crippen molar-refractivity contribution in [2.45, 2.75) is 13.0 Å². The smallest absolute Gasteiger partial charge is 0.216 e. The van der Waals surface area contributed by atoms with Gasteiger partial charge in [0.1, 0.15) is 0 Å². The lowest BCUT2D eigenvalue weighted by atomic mass is 10.1. The zero-order chi connectivity index (χ0) is 11.4. The molecule has 1 aromatic rings. The summed E-state index contributed by atoms with van der Waals surface area (Å²) in [4.78, 5) is 10.6. The van der Waals surface area contributed by atoms with Crippen LogP contribution in [-0.4, -0.2) is 27.8 Å². The van der Waals surface area contributed by atoms with Crippen LogP contribution in [0.5, 0.6) is 11.5 Å². The molecule has 0 aliphatic carbocycles. The van der Waals surface area contributed by atoms with Gasteiger partial charge in [-0.1, -0.05) is 6.07 Å². The van der Waals surface area contributed by atoms with E-state index in [0.29, 0.717) is 5.56 Å². The van der Waals surface area contributed by atoms with Gasteiger partial charge >= 0.3 is 0 Å². The average Bonchev–Trinajstić information content (AvgIpc) is 2.18. The summed E-state index contributed by atoms with van der Waals surface area (Å²) in [6, 6.07) is 4.00. The summed E-state index contributed by atoms with van der Waals surface area (Å²) in [7, 11) is 0. The van der Waals surface area contributed by atoms with Crippen LogP contribution in [0.1, 0.15) is 18.6 Å². The lowest BCUT2D eigenvalue weighted by Crippen LogP contribution is -2.25. The quantitative estimate of drug-likeness (QED) is 0.540. The number of hydrogen-bond donors (Lipinski definition) is 4. The molecule has 0 bridgehead atoms. The molecule has 0 aliphatic heterocycles. The Hall–Kier alpha value is -1.75. The van der Waals surface area contributed by atoms with Gasteiger partial charge in [-0.2, -0.15) is 0 Å². The fourth-order valence-corrected chi connectivity index (χ4v) is 1.11. The van der Waals surface area contributed by atoms with Gasteiger partial charge in [-0.15, -0.1) is 0 Å². The molecule has 0 heterocycles. The maximum atomic E-state index is 10.6. The number of benzene rings is 1. The maximum absolute atomic E-state index is 10.6. The van der Waals surface area contributed by atoms with E-state index in [0.717, 1.165) is 0 Å². The number of amides is 1. The summed E-state index contributed by atoms with van der Waals surface area (Å²) in [5, 5.41) is 30.2. The predicted molar refractivity (Wildman–Crippen MR) is 53.4 cm³/mol. The van der Waals surface area contributed by atoms with Crippen LogP contribution in [0.2, 0.25) is 0 Å². The Morgan fingerprint density at radius 1 is 1.40 bits per heavy atom. The van der Waals surface area contributed by atoms with Crippen molar-refractivity contribution in [2.24, 2.45) is 0 Å². The van der Waals surface area contributed by atoms with Crippen LogP contribution >= 0.6 is 0 Å². The number of aliphatic hydroxyl groups is 1. The number of carbonyl (C=O) groups excluding carboxylic acids is 1. The van der Waals surface area contributed by atoms with E-state index in [4.69, 9.17) is 5.11 Å². The van der Waals surface area contributed by atoms with Crippen LogP contribution < -0.4 is 5.32 Å². The van der Waals surface area contributed by atoms with Gasteiger partial charge < -0.3 is 20.6 Å². The number of aromatic hydroxyl groups is 2. The lowest BCUT2D eigenvalue weighted by molar-refractivity contribution is -0.119. The van der Waals surface area contributed by atoms with E-state index in [1.807, 2.05) is 0 Å². The zero-order valence-corrected chi connectivity index (χ0v) is 8.27. The second-order valence-electron chi connectivity index (χ2n) is 3.20. The number of phenols is 2. The summed E-state index contributed by atoms with van der Waals surface area (Å²) in [6.45, 7) is 1.42. The first kappa shape index (κ1) is 11.3. The van der Waals surface area contributed by atoms with Gasteiger partial charge in [0.05, 0.1) is 6.10 Å². The number of rotatable bonds is 3. The summed E-state index contributed by atoms with van der Waals surface area (Å²) < 4.78 is 0. The predicted octanol–water partition coefficient (Wildman–Crippen LogP) is 0.267. The van der Waals surface area contributed by atoms with E-state index in [2.05, 4.69) is 5.32 Å². The third-order valence-corrected chi connectivity index (χ3v) is 1.93.